The van der Waals surface area contributed by atoms with E-state index < -0.39 is 6.04 Å². The van der Waals surface area contributed by atoms with Crippen molar-refractivity contribution in [2.24, 2.45) is 5.92 Å². The third kappa shape index (κ3) is 6.00. The number of allylic oxidation sites excluding steroid dienone is 1. The van der Waals surface area contributed by atoms with E-state index >= 15 is 0 Å². The van der Waals surface area contributed by atoms with Crippen molar-refractivity contribution in [1.29, 1.82) is 0 Å². The second kappa shape index (κ2) is 10.9. The molecule has 6 nitrogen and oxygen atoms in total. The van der Waals surface area contributed by atoms with Gasteiger partial charge in [0.2, 0.25) is 0 Å². The molecule has 8 heteroatoms. The zero-order valence-electron chi connectivity index (χ0n) is 19.1. The molecule has 0 saturated heterocycles. The van der Waals surface area contributed by atoms with Crippen LogP contribution in [-0.4, -0.2) is 35.0 Å². The number of amides is 1. The first kappa shape index (κ1) is 24.9. The molecule has 1 aliphatic heterocycles. The maximum absolute atomic E-state index is 13.0. The number of hydrogen-bond acceptors (Lipinski definition) is 4. The van der Waals surface area contributed by atoms with Crippen molar-refractivity contribution in [1.82, 2.24) is 10.2 Å². The van der Waals surface area contributed by atoms with Gasteiger partial charge in [-0.1, -0.05) is 41.9 Å². The molecule has 0 saturated carbocycles. The number of anilines is 1. The fourth-order valence-corrected chi connectivity index (χ4v) is 4.21. The number of carbonyl (C=O) groups excluding carboxylic acids is 2. The third-order valence-electron chi connectivity index (χ3n) is 5.29. The number of hydrogen-bond donors (Lipinski definition) is 2. The average Bonchev–Trinajstić information content (AvgIpc) is 2.78. The van der Waals surface area contributed by atoms with Crippen LogP contribution in [0.1, 0.15) is 49.7 Å². The molecular weight excluding hydrogens is 502 g/mol. The highest BCUT2D eigenvalue weighted by atomic mass is 79.9. The van der Waals surface area contributed by atoms with Crippen LogP contribution >= 0.6 is 28.1 Å². The van der Waals surface area contributed by atoms with E-state index in [4.69, 9.17) is 17.0 Å². The molecule has 1 aliphatic rings. The minimum Gasteiger partial charge on any atom is -0.462 e. The molecule has 3 rings (SSSR count). The highest BCUT2D eigenvalue weighted by Crippen LogP contribution is 2.32. The Hall–Kier alpha value is -2.71. The van der Waals surface area contributed by atoms with Gasteiger partial charge in [-0.3, -0.25) is 4.79 Å². The fraction of sp³-hybridized carbons (Fsp3) is 0.320. The molecule has 33 heavy (non-hydrogen) atoms. The summed E-state index contributed by atoms with van der Waals surface area (Å²) in [6.07, 6.45) is 0. The number of thiocarbonyl (C=S) groups is 1. The fourth-order valence-electron chi connectivity index (χ4n) is 3.56. The number of ether oxygens (including phenoxy) is 1. The summed E-state index contributed by atoms with van der Waals surface area (Å²) in [5.74, 6) is -0.311. The van der Waals surface area contributed by atoms with E-state index in [2.05, 4.69) is 26.6 Å². The van der Waals surface area contributed by atoms with Crippen molar-refractivity contribution in [3.8, 4) is 0 Å². The third-order valence-corrected chi connectivity index (χ3v) is 6.16. The van der Waals surface area contributed by atoms with E-state index in [0.717, 1.165) is 15.7 Å². The van der Waals surface area contributed by atoms with E-state index in [-0.39, 0.29) is 17.8 Å². The topological polar surface area (TPSA) is 70.7 Å². The number of carbonyl (C=O) groups is 2. The molecule has 2 aromatic carbocycles. The molecule has 0 bridgehead atoms. The van der Waals surface area contributed by atoms with Crippen LogP contribution in [0.5, 0.6) is 0 Å². The van der Waals surface area contributed by atoms with Crippen LogP contribution < -0.4 is 10.6 Å². The molecule has 0 aromatic heterocycles. The summed E-state index contributed by atoms with van der Waals surface area (Å²) >= 11 is 8.91. The zero-order chi connectivity index (χ0) is 24.1. The lowest BCUT2D eigenvalue weighted by atomic mass is 9.94. The second-order valence-electron chi connectivity index (χ2n) is 8.20. The van der Waals surface area contributed by atoms with Gasteiger partial charge in [-0.15, -0.1) is 0 Å². The first-order valence-electron chi connectivity index (χ1n) is 10.8. The molecule has 174 valence electrons. The monoisotopic (exact) mass is 529 g/mol. The van der Waals surface area contributed by atoms with E-state index in [0.29, 0.717) is 35.1 Å². The number of rotatable bonds is 7. The Balaban J connectivity index is 1.84. The molecule has 1 unspecified atom stereocenters. The largest absolute Gasteiger partial charge is 0.462 e. The van der Waals surface area contributed by atoms with E-state index in [1.807, 2.05) is 69.0 Å². The molecule has 2 N–H and O–H groups in total. The summed E-state index contributed by atoms with van der Waals surface area (Å²) in [4.78, 5) is 27.4. The summed E-state index contributed by atoms with van der Waals surface area (Å²) in [5.41, 5.74) is 3.40. The molecule has 1 atom stereocenters. The number of benzene rings is 2. The maximum atomic E-state index is 13.0. The van der Waals surface area contributed by atoms with Crippen LogP contribution in [-0.2, 0) is 9.53 Å². The van der Waals surface area contributed by atoms with Gasteiger partial charge in [0.1, 0.15) is 0 Å². The first-order chi connectivity index (χ1) is 15.7. The van der Waals surface area contributed by atoms with E-state index in [1.54, 1.807) is 12.1 Å². The van der Waals surface area contributed by atoms with Crippen molar-refractivity contribution in [2.45, 2.75) is 33.7 Å². The lowest BCUT2D eigenvalue weighted by Crippen LogP contribution is -2.47. The smallest absolute Gasteiger partial charge is 0.338 e. The molecular formula is C25H28BrN3O3S. The lowest BCUT2D eigenvalue weighted by Gasteiger charge is -2.37. The summed E-state index contributed by atoms with van der Waals surface area (Å²) in [5, 5.41) is 6.74. The van der Waals surface area contributed by atoms with Gasteiger partial charge < -0.3 is 20.3 Å². The van der Waals surface area contributed by atoms with Crippen LogP contribution in [0, 0.1) is 5.92 Å². The Labute approximate surface area is 208 Å². The molecule has 2 aromatic rings. The lowest BCUT2D eigenvalue weighted by molar-refractivity contribution is -0.140. The SMILES string of the molecule is CCN1C(=S)NC(c2ccc(NC(=O)c3ccc(Br)cc3)cc2)C(C(=O)OCC(C)C)=C1C. The quantitative estimate of drug-likeness (QED) is 0.368. The number of halogens is 1. The average molecular weight is 530 g/mol. The Kier molecular flexibility index (Phi) is 8.26. The summed E-state index contributed by atoms with van der Waals surface area (Å²) in [6.45, 7) is 8.87. The van der Waals surface area contributed by atoms with Gasteiger partial charge in [-0.25, -0.2) is 4.79 Å². The zero-order valence-corrected chi connectivity index (χ0v) is 21.5. The Morgan fingerprint density at radius 3 is 2.36 bits per heavy atom. The molecule has 0 fully saturated rings. The summed E-state index contributed by atoms with van der Waals surface area (Å²) in [6, 6.07) is 14.1. The standard InChI is InChI=1S/C25H28BrN3O3S/c1-5-29-16(4)21(24(31)32-14-15(2)3)22(28-25(29)33)17-8-12-20(13-9-17)27-23(30)18-6-10-19(26)11-7-18/h6-13,15,22H,5,14H2,1-4H3,(H,27,30)(H,28,33). The predicted octanol–water partition coefficient (Wildman–Crippen LogP) is 5.43. The van der Waals surface area contributed by atoms with Crippen molar-refractivity contribution in [3.63, 3.8) is 0 Å². The van der Waals surface area contributed by atoms with Gasteiger partial charge in [0.05, 0.1) is 18.2 Å². The van der Waals surface area contributed by atoms with Gasteiger partial charge in [-0.2, -0.15) is 0 Å². The molecule has 0 spiro atoms. The van der Waals surface area contributed by atoms with Gasteiger partial charge in [-0.05, 0) is 73.9 Å². The first-order valence-corrected chi connectivity index (χ1v) is 12.0. The van der Waals surface area contributed by atoms with Crippen LogP contribution in [0.2, 0.25) is 0 Å². The van der Waals surface area contributed by atoms with Crippen LogP contribution in [0.15, 0.2) is 64.3 Å². The Bertz CT molecular complexity index is 1070. The highest BCUT2D eigenvalue weighted by Gasteiger charge is 2.34. The predicted molar refractivity (Wildman–Crippen MR) is 138 cm³/mol. The minimum absolute atomic E-state index is 0.195. The van der Waals surface area contributed by atoms with Crippen LogP contribution in [0.3, 0.4) is 0 Å². The highest BCUT2D eigenvalue weighted by molar-refractivity contribution is 9.10. The molecule has 1 heterocycles. The minimum atomic E-state index is -0.434. The molecule has 1 amide bonds. The van der Waals surface area contributed by atoms with Gasteiger partial charge in [0.25, 0.3) is 5.91 Å². The molecule has 0 aliphatic carbocycles. The number of nitrogens with zero attached hydrogens (tertiary/aromatic N) is 1. The van der Waals surface area contributed by atoms with Gasteiger partial charge in [0.15, 0.2) is 5.11 Å². The van der Waals surface area contributed by atoms with Crippen molar-refractivity contribution in [3.05, 3.63) is 75.4 Å². The number of nitrogens with one attached hydrogen (secondary N) is 2. The maximum Gasteiger partial charge on any atom is 0.338 e. The van der Waals surface area contributed by atoms with Crippen LogP contribution in [0.4, 0.5) is 5.69 Å². The summed E-state index contributed by atoms with van der Waals surface area (Å²) in [7, 11) is 0. The van der Waals surface area contributed by atoms with Crippen LogP contribution in [0.25, 0.3) is 0 Å². The molecule has 0 radical (unpaired) electrons. The Morgan fingerprint density at radius 2 is 1.79 bits per heavy atom. The summed E-state index contributed by atoms with van der Waals surface area (Å²) < 4.78 is 6.47. The second-order valence-corrected chi connectivity index (χ2v) is 9.50. The normalized spacial score (nSPS) is 16.0. The van der Waals surface area contributed by atoms with E-state index in [1.165, 1.54) is 0 Å². The number of esters is 1. The van der Waals surface area contributed by atoms with Gasteiger partial charge >= 0.3 is 5.97 Å². The van der Waals surface area contributed by atoms with Crippen molar-refractivity contribution in [2.75, 3.05) is 18.5 Å². The van der Waals surface area contributed by atoms with Crippen molar-refractivity contribution >= 4 is 50.8 Å². The Morgan fingerprint density at radius 1 is 1.15 bits per heavy atom. The van der Waals surface area contributed by atoms with Gasteiger partial charge in [0, 0.05) is 28.0 Å². The van der Waals surface area contributed by atoms with Crippen molar-refractivity contribution < 1.29 is 14.3 Å². The van der Waals surface area contributed by atoms with E-state index in [9.17, 15) is 9.59 Å².